The van der Waals surface area contributed by atoms with Crippen molar-refractivity contribution in [1.82, 2.24) is 4.90 Å². The molecular weight excluding hydrogens is 253 g/mol. The van der Waals surface area contributed by atoms with E-state index in [4.69, 9.17) is 11.0 Å². The molecule has 0 amide bonds. The fourth-order valence-corrected chi connectivity index (χ4v) is 2.73. The van der Waals surface area contributed by atoms with Crippen LogP contribution in [0.15, 0.2) is 24.3 Å². The summed E-state index contributed by atoms with van der Waals surface area (Å²) in [6.45, 7) is 2.68. The average Bonchev–Trinajstić information content (AvgIpc) is 3.28. The molecule has 1 aromatic carbocycles. The van der Waals surface area contributed by atoms with Crippen LogP contribution in [0.2, 0.25) is 0 Å². The van der Waals surface area contributed by atoms with Crippen molar-refractivity contribution >= 4 is 0 Å². The smallest absolute Gasteiger partial charge is 0.128 e. The van der Waals surface area contributed by atoms with Gasteiger partial charge in [0.05, 0.1) is 12.1 Å². The molecule has 0 bridgehead atoms. The van der Waals surface area contributed by atoms with E-state index in [1.165, 1.54) is 6.07 Å². The zero-order chi connectivity index (χ0) is 14.5. The van der Waals surface area contributed by atoms with E-state index in [-0.39, 0.29) is 17.9 Å². The molecule has 1 aliphatic carbocycles. The molecule has 2 unspecified atom stereocenters. The second-order valence-corrected chi connectivity index (χ2v) is 5.42. The summed E-state index contributed by atoms with van der Waals surface area (Å²) in [5.74, 6) is -0.205. The average molecular weight is 275 g/mol. The Hall–Kier alpha value is -1.44. The van der Waals surface area contributed by atoms with E-state index in [1.807, 2.05) is 19.1 Å². The zero-order valence-electron chi connectivity index (χ0n) is 11.9. The van der Waals surface area contributed by atoms with Gasteiger partial charge in [-0.25, -0.2) is 4.39 Å². The zero-order valence-corrected chi connectivity index (χ0v) is 11.9. The highest BCUT2D eigenvalue weighted by Gasteiger charge is 2.37. The number of benzene rings is 1. The molecule has 0 saturated heterocycles. The molecule has 0 heterocycles. The van der Waals surface area contributed by atoms with E-state index in [2.05, 4.69) is 11.0 Å². The molecule has 1 aromatic rings. The molecule has 2 atom stereocenters. The van der Waals surface area contributed by atoms with Gasteiger partial charge in [-0.15, -0.1) is 0 Å². The molecule has 0 spiro atoms. The third-order valence-corrected chi connectivity index (χ3v) is 3.96. The van der Waals surface area contributed by atoms with Crippen LogP contribution in [0.25, 0.3) is 0 Å². The molecule has 108 valence electrons. The lowest BCUT2D eigenvalue weighted by molar-refractivity contribution is 0.159. The maximum absolute atomic E-state index is 14.2. The summed E-state index contributed by atoms with van der Waals surface area (Å²) in [6.07, 6.45) is 3.48. The Morgan fingerprint density at radius 2 is 2.15 bits per heavy atom. The molecule has 1 saturated carbocycles. The maximum atomic E-state index is 14.2. The summed E-state index contributed by atoms with van der Waals surface area (Å²) in [5.41, 5.74) is 6.92. The summed E-state index contributed by atoms with van der Waals surface area (Å²) in [7, 11) is 0. The topological polar surface area (TPSA) is 53.0 Å². The lowest BCUT2D eigenvalue weighted by Crippen LogP contribution is -2.43. The van der Waals surface area contributed by atoms with Gasteiger partial charge in [-0.05, 0) is 25.3 Å². The Balaban J connectivity index is 2.30. The lowest BCUT2D eigenvalue weighted by Gasteiger charge is -2.35. The van der Waals surface area contributed by atoms with Gasteiger partial charge in [0, 0.05) is 30.6 Å². The predicted octanol–water partition coefficient (Wildman–Crippen LogP) is 2.98. The Labute approximate surface area is 120 Å². The Kier molecular flexibility index (Phi) is 5.11. The minimum atomic E-state index is -0.205. The van der Waals surface area contributed by atoms with Gasteiger partial charge >= 0.3 is 0 Å². The lowest BCUT2D eigenvalue weighted by atomic mass is 9.95. The van der Waals surface area contributed by atoms with Crippen LogP contribution in [-0.4, -0.2) is 23.5 Å². The van der Waals surface area contributed by atoms with Gasteiger partial charge in [0.25, 0.3) is 0 Å². The summed E-state index contributed by atoms with van der Waals surface area (Å²) in [6, 6.07) is 9.23. The molecule has 0 aliphatic heterocycles. The first-order valence-corrected chi connectivity index (χ1v) is 7.31. The maximum Gasteiger partial charge on any atom is 0.128 e. The number of rotatable bonds is 7. The fourth-order valence-electron chi connectivity index (χ4n) is 2.73. The summed E-state index contributed by atoms with van der Waals surface area (Å²) in [4.78, 5) is 2.23. The van der Waals surface area contributed by atoms with Crippen molar-refractivity contribution in [3.63, 3.8) is 0 Å². The molecule has 2 N–H and O–H groups in total. The predicted molar refractivity (Wildman–Crippen MR) is 77.4 cm³/mol. The van der Waals surface area contributed by atoms with Crippen LogP contribution in [0.5, 0.6) is 0 Å². The SMILES string of the molecule is CCC(N)C(c1ccccc1F)N(CCC#N)C1CC1. The summed E-state index contributed by atoms with van der Waals surface area (Å²) >= 11 is 0. The quantitative estimate of drug-likeness (QED) is 0.832. The van der Waals surface area contributed by atoms with E-state index >= 15 is 0 Å². The van der Waals surface area contributed by atoms with Crippen molar-refractivity contribution in [1.29, 1.82) is 5.26 Å². The number of hydrogen-bond donors (Lipinski definition) is 1. The first-order valence-electron chi connectivity index (χ1n) is 7.31. The van der Waals surface area contributed by atoms with Crippen LogP contribution in [0.1, 0.15) is 44.2 Å². The normalized spacial score (nSPS) is 17.8. The van der Waals surface area contributed by atoms with E-state index < -0.39 is 0 Å². The van der Waals surface area contributed by atoms with Gasteiger partial charge in [-0.3, -0.25) is 4.90 Å². The van der Waals surface area contributed by atoms with E-state index in [9.17, 15) is 4.39 Å². The van der Waals surface area contributed by atoms with E-state index in [0.29, 0.717) is 24.6 Å². The molecule has 1 fully saturated rings. The van der Waals surface area contributed by atoms with Crippen molar-refractivity contribution in [2.75, 3.05) is 6.54 Å². The Morgan fingerprint density at radius 1 is 1.45 bits per heavy atom. The summed E-state index contributed by atoms with van der Waals surface area (Å²) in [5, 5.41) is 8.84. The van der Waals surface area contributed by atoms with Crippen molar-refractivity contribution in [3.8, 4) is 6.07 Å². The molecular formula is C16H22FN3. The number of halogens is 1. The van der Waals surface area contributed by atoms with Crippen molar-refractivity contribution in [3.05, 3.63) is 35.6 Å². The van der Waals surface area contributed by atoms with Gasteiger partial charge in [0.2, 0.25) is 0 Å². The number of nitrogens with two attached hydrogens (primary N) is 1. The van der Waals surface area contributed by atoms with Crippen LogP contribution in [0.3, 0.4) is 0 Å². The second kappa shape index (κ2) is 6.83. The number of nitrogens with zero attached hydrogens (tertiary/aromatic N) is 2. The molecule has 4 heteroatoms. The third-order valence-electron chi connectivity index (χ3n) is 3.96. The second-order valence-electron chi connectivity index (χ2n) is 5.42. The van der Waals surface area contributed by atoms with Crippen molar-refractivity contribution in [2.24, 2.45) is 5.73 Å². The Morgan fingerprint density at radius 3 is 2.70 bits per heavy atom. The monoisotopic (exact) mass is 275 g/mol. The van der Waals surface area contributed by atoms with Gasteiger partial charge in [0.1, 0.15) is 5.82 Å². The molecule has 0 radical (unpaired) electrons. The standard InChI is InChI=1S/C16H22FN3/c1-2-15(19)16(13-6-3-4-7-14(13)17)20(11-5-10-18)12-8-9-12/h3-4,6-7,12,15-16H,2,5,8-9,11,19H2,1H3. The van der Waals surface area contributed by atoms with Crippen LogP contribution in [-0.2, 0) is 0 Å². The first-order chi connectivity index (χ1) is 9.69. The first kappa shape index (κ1) is 15.0. The number of hydrogen-bond acceptors (Lipinski definition) is 3. The van der Waals surface area contributed by atoms with Gasteiger partial charge in [-0.2, -0.15) is 5.26 Å². The molecule has 2 rings (SSSR count). The van der Waals surface area contributed by atoms with E-state index in [1.54, 1.807) is 6.07 Å². The number of nitriles is 1. The summed E-state index contributed by atoms with van der Waals surface area (Å²) < 4.78 is 14.2. The van der Waals surface area contributed by atoms with Crippen LogP contribution < -0.4 is 5.73 Å². The van der Waals surface area contributed by atoms with Crippen LogP contribution in [0, 0.1) is 17.1 Å². The fraction of sp³-hybridized carbons (Fsp3) is 0.562. The van der Waals surface area contributed by atoms with Crippen LogP contribution >= 0.6 is 0 Å². The van der Waals surface area contributed by atoms with Gasteiger partial charge < -0.3 is 5.73 Å². The highest BCUT2D eigenvalue weighted by atomic mass is 19.1. The highest BCUT2D eigenvalue weighted by molar-refractivity contribution is 5.23. The highest BCUT2D eigenvalue weighted by Crippen LogP contribution is 2.37. The van der Waals surface area contributed by atoms with Gasteiger partial charge in [-0.1, -0.05) is 25.1 Å². The third kappa shape index (κ3) is 3.36. The van der Waals surface area contributed by atoms with Crippen molar-refractivity contribution in [2.45, 2.75) is 50.7 Å². The molecule has 0 aromatic heterocycles. The van der Waals surface area contributed by atoms with Crippen molar-refractivity contribution < 1.29 is 4.39 Å². The molecule has 3 nitrogen and oxygen atoms in total. The van der Waals surface area contributed by atoms with E-state index in [0.717, 1.165) is 19.3 Å². The van der Waals surface area contributed by atoms with Gasteiger partial charge in [0.15, 0.2) is 0 Å². The Bertz CT molecular complexity index is 479. The molecule has 1 aliphatic rings. The minimum absolute atomic E-state index is 0.119. The van der Waals surface area contributed by atoms with Crippen LogP contribution in [0.4, 0.5) is 4.39 Å². The minimum Gasteiger partial charge on any atom is -0.326 e. The largest absolute Gasteiger partial charge is 0.326 e. The molecule has 20 heavy (non-hydrogen) atoms.